The van der Waals surface area contributed by atoms with Crippen LogP contribution in [0.1, 0.15) is 39.0 Å². The number of hydrogen-bond acceptors (Lipinski definition) is 5. The summed E-state index contributed by atoms with van der Waals surface area (Å²) in [5.41, 5.74) is 2.85. The van der Waals surface area contributed by atoms with Gasteiger partial charge in [-0.3, -0.25) is 9.46 Å². The molecule has 1 amide bonds. The number of amides is 1. The molecule has 138 valence electrons. The van der Waals surface area contributed by atoms with Crippen LogP contribution in [0.15, 0.2) is 23.8 Å². The molecule has 1 unspecified atom stereocenters. The molecule has 1 aromatic heterocycles. The van der Waals surface area contributed by atoms with Gasteiger partial charge in [-0.25, -0.2) is 9.78 Å². The minimum Gasteiger partial charge on any atom is -0.465 e. The maximum atomic E-state index is 12.9. The Kier molecular flexibility index (Phi) is 6.38. The third-order valence-corrected chi connectivity index (χ3v) is 5.85. The zero-order chi connectivity index (χ0) is 18.6. The smallest absolute Gasteiger partial charge is 0.408 e. The molecule has 1 atom stereocenters. The van der Waals surface area contributed by atoms with E-state index in [4.69, 9.17) is 9.05 Å². The third kappa shape index (κ3) is 4.48. The van der Waals surface area contributed by atoms with Gasteiger partial charge in [-0.1, -0.05) is 17.7 Å². The maximum Gasteiger partial charge on any atom is 0.408 e. The molecule has 2 heterocycles. The number of carbonyl (C=O) groups is 1. The average molecular weight is 368 g/mol. The lowest BCUT2D eigenvalue weighted by molar-refractivity contribution is 0.125. The molecule has 0 bridgehead atoms. The van der Waals surface area contributed by atoms with Gasteiger partial charge in [0.15, 0.2) is 5.44 Å². The molecule has 2 rings (SSSR count). The van der Waals surface area contributed by atoms with E-state index in [0.29, 0.717) is 6.42 Å². The van der Waals surface area contributed by atoms with Gasteiger partial charge in [0, 0.05) is 12.1 Å². The molecular weight excluding hydrogens is 343 g/mol. The Bertz CT molecular complexity index is 705. The minimum absolute atomic E-state index is 0.250. The monoisotopic (exact) mass is 368 g/mol. The predicted octanol–water partition coefficient (Wildman–Crippen LogP) is 3.34. The van der Waals surface area contributed by atoms with Crippen molar-refractivity contribution >= 4 is 19.1 Å². The summed E-state index contributed by atoms with van der Waals surface area (Å²) in [6.07, 6.45) is 1.38. The number of nitrogens with zero attached hydrogens (tertiary/aromatic N) is 2. The topological polar surface area (TPSA) is 89.0 Å². The van der Waals surface area contributed by atoms with Crippen molar-refractivity contribution in [2.24, 2.45) is 0 Å². The van der Waals surface area contributed by atoms with Crippen LogP contribution in [-0.4, -0.2) is 40.3 Å². The first-order valence-corrected chi connectivity index (χ1v) is 9.88. The molecule has 0 fully saturated rings. The molecule has 0 aromatic carbocycles. The molecule has 0 saturated carbocycles. The van der Waals surface area contributed by atoms with E-state index in [1.54, 1.807) is 26.0 Å². The van der Waals surface area contributed by atoms with Gasteiger partial charge in [0.05, 0.1) is 25.8 Å². The van der Waals surface area contributed by atoms with Crippen molar-refractivity contribution in [2.45, 2.75) is 46.7 Å². The Labute approximate surface area is 148 Å². The highest BCUT2D eigenvalue weighted by atomic mass is 31.2. The van der Waals surface area contributed by atoms with Crippen LogP contribution in [0.3, 0.4) is 0 Å². The van der Waals surface area contributed by atoms with E-state index in [9.17, 15) is 14.5 Å². The molecule has 0 radical (unpaired) electrons. The van der Waals surface area contributed by atoms with Crippen LogP contribution in [0.25, 0.3) is 0 Å². The van der Waals surface area contributed by atoms with E-state index < -0.39 is 13.7 Å². The summed E-state index contributed by atoms with van der Waals surface area (Å²) in [6, 6.07) is 3.07. The fraction of sp³-hybridized carbons (Fsp3) is 0.529. The van der Waals surface area contributed by atoms with Crippen molar-refractivity contribution in [3.05, 3.63) is 35.0 Å². The molecule has 0 spiro atoms. The van der Waals surface area contributed by atoms with Crippen LogP contribution in [0, 0.1) is 0 Å². The van der Waals surface area contributed by atoms with Gasteiger partial charge >= 0.3 is 13.7 Å². The van der Waals surface area contributed by atoms with Crippen molar-refractivity contribution < 1.29 is 23.5 Å². The largest absolute Gasteiger partial charge is 0.465 e. The lowest BCUT2D eigenvalue weighted by Crippen LogP contribution is -2.43. The predicted molar refractivity (Wildman–Crippen MR) is 95.2 cm³/mol. The van der Waals surface area contributed by atoms with Crippen molar-refractivity contribution in [3.63, 3.8) is 0 Å². The number of pyridine rings is 1. The zero-order valence-electron chi connectivity index (χ0n) is 15.1. The Hall–Kier alpha value is -1.69. The highest BCUT2D eigenvalue weighted by molar-refractivity contribution is 7.61. The lowest BCUT2D eigenvalue weighted by atomic mass is 9.97. The van der Waals surface area contributed by atoms with Gasteiger partial charge in [-0.2, -0.15) is 0 Å². The fourth-order valence-corrected chi connectivity index (χ4v) is 4.37. The Morgan fingerprint density at radius 3 is 2.52 bits per heavy atom. The molecular formula is C17H25N2O5P. The van der Waals surface area contributed by atoms with Gasteiger partial charge < -0.3 is 14.2 Å². The molecule has 0 saturated heterocycles. The summed E-state index contributed by atoms with van der Waals surface area (Å²) in [6.45, 7) is 8.11. The second-order valence-corrected chi connectivity index (χ2v) is 8.00. The van der Waals surface area contributed by atoms with E-state index in [2.05, 4.69) is 4.98 Å². The van der Waals surface area contributed by atoms with Crippen LogP contribution in [-0.2, 0) is 26.6 Å². The first kappa shape index (κ1) is 19.6. The summed E-state index contributed by atoms with van der Waals surface area (Å²) in [4.78, 5) is 17.4. The van der Waals surface area contributed by atoms with Crippen molar-refractivity contribution in [1.82, 2.24) is 9.88 Å². The van der Waals surface area contributed by atoms with Crippen LogP contribution in [0.4, 0.5) is 4.79 Å². The number of allylic oxidation sites excluding steroid dienone is 1. The highest BCUT2D eigenvalue weighted by Gasteiger charge is 2.33. The van der Waals surface area contributed by atoms with Gasteiger partial charge in [0.25, 0.3) is 0 Å². The molecule has 1 aliphatic rings. The Morgan fingerprint density at radius 1 is 1.36 bits per heavy atom. The Balaban J connectivity index is 2.41. The second-order valence-electron chi connectivity index (χ2n) is 6.03. The van der Waals surface area contributed by atoms with Crippen molar-refractivity contribution in [1.29, 1.82) is 0 Å². The normalized spacial score (nSPS) is 17.1. The molecule has 1 aliphatic heterocycles. The molecule has 1 N–H and O–H groups in total. The minimum atomic E-state index is -3.46. The van der Waals surface area contributed by atoms with E-state index in [0.717, 1.165) is 16.8 Å². The number of hydrogen-bond donors (Lipinski definition) is 1. The number of aromatic nitrogens is 1. The van der Waals surface area contributed by atoms with E-state index in [1.165, 1.54) is 4.90 Å². The molecule has 1 aromatic rings. The van der Waals surface area contributed by atoms with Crippen molar-refractivity contribution in [3.8, 4) is 0 Å². The first-order chi connectivity index (χ1) is 11.8. The van der Waals surface area contributed by atoms with Gasteiger partial charge in [-0.05, 0) is 39.3 Å². The maximum absolute atomic E-state index is 12.9. The summed E-state index contributed by atoms with van der Waals surface area (Å²) in [5.74, 6) is 0. The standard InChI is InChI=1S/C17H25N2O5P/c1-5-23-25(22,24-6-2)16-8-7-13-11-19(17(20)21)14(9-12(3)4)10-15(13)18-16/h7-9,14H,5-6,10-11H2,1-4H3,(H,20,21). The van der Waals surface area contributed by atoms with E-state index >= 15 is 0 Å². The first-order valence-electron chi connectivity index (χ1n) is 8.33. The fourth-order valence-electron chi connectivity index (χ4n) is 2.85. The van der Waals surface area contributed by atoms with E-state index in [1.807, 2.05) is 19.9 Å². The van der Waals surface area contributed by atoms with Crippen LogP contribution >= 0.6 is 7.60 Å². The average Bonchev–Trinajstić information content (AvgIpc) is 2.53. The number of fused-ring (bicyclic) bond motifs is 1. The van der Waals surface area contributed by atoms with Crippen LogP contribution in [0.2, 0.25) is 0 Å². The van der Waals surface area contributed by atoms with Crippen molar-refractivity contribution in [2.75, 3.05) is 13.2 Å². The van der Waals surface area contributed by atoms with Gasteiger partial charge in [-0.15, -0.1) is 0 Å². The second kappa shape index (κ2) is 8.13. The third-order valence-electron chi connectivity index (χ3n) is 3.85. The van der Waals surface area contributed by atoms with Crippen LogP contribution in [0.5, 0.6) is 0 Å². The highest BCUT2D eigenvalue weighted by Crippen LogP contribution is 2.46. The van der Waals surface area contributed by atoms with Gasteiger partial charge in [0.2, 0.25) is 0 Å². The zero-order valence-corrected chi connectivity index (χ0v) is 16.0. The number of rotatable bonds is 6. The van der Waals surface area contributed by atoms with Crippen LogP contribution < -0.4 is 5.44 Å². The molecule has 0 aliphatic carbocycles. The quantitative estimate of drug-likeness (QED) is 0.612. The molecule has 8 heteroatoms. The SMILES string of the molecule is CCOP(=O)(OCC)c1ccc2c(n1)CC(C=C(C)C)N(C(=O)O)C2. The Morgan fingerprint density at radius 2 is 2.00 bits per heavy atom. The summed E-state index contributed by atoms with van der Waals surface area (Å²) < 4.78 is 23.6. The lowest BCUT2D eigenvalue weighted by Gasteiger charge is -2.33. The number of carboxylic acid groups (broad SMARTS) is 1. The summed E-state index contributed by atoms with van der Waals surface area (Å²) in [7, 11) is -3.46. The van der Waals surface area contributed by atoms with Gasteiger partial charge in [0.1, 0.15) is 0 Å². The molecule has 7 nitrogen and oxygen atoms in total. The summed E-state index contributed by atoms with van der Waals surface area (Å²) in [5, 5.41) is 9.46. The summed E-state index contributed by atoms with van der Waals surface area (Å²) >= 11 is 0. The molecule has 25 heavy (non-hydrogen) atoms. The van der Waals surface area contributed by atoms with E-state index in [-0.39, 0.29) is 31.2 Å².